The molecule has 1 aromatic carbocycles. The number of amides is 1. The molecule has 0 radical (unpaired) electrons. The number of carbonyl (C=O) groups is 1. The van der Waals surface area contributed by atoms with E-state index in [4.69, 9.17) is 0 Å². The number of hydrogen-bond donors (Lipinski definition) is 0. The number of thioether (sulfide) groups is 1. The summed E-state index contributed by atoms with van der Waals surface area (Å²) >= 11 is 3.26. The average Bonchev–Trinajstić information content (AvgIpc) is 3.10. The van der Waals surface area contributed by atoms with Crippen LogP contribution in [0.1, 0.15) is 25.7 Å². The number of thiophene rings is 1. The number of nitrogens with zero attached hydrogens (tertiary/aromatic N) is 2. The quantitative estimate of drug-likeness (QED) is 0.536. The van der Waals surface area contributed by atoms with Crippen LogP contribution < -0.4 is 0 Å². The lowest BCUT2D eigenvalue weighted by Crippen LogP contribution is -2.32. The maximum Gasteiger partial charge on any atom is 0.256 e. The Morgan fingerprint density at radius 2 is 1.92 bits per heavy atom. The van der Waals surface area contributed by atoms with Crippen LogP contribution in [0.15, 0.2) is 65.8 Å². The summed E-state index contributed by atoms with van der Waals surface area (Å²) in [7, 11) is 0. The van der Waals surface area contributed by atoms with E-state index in [1.165, 1.54) is 27.1 Å². The fraction of sp³-hybridized carbons (Fsp3) is 0.238. The highest BCUT2D eigenvalue weighted by molar-refractivity contribution is 7.98. The van der Waals surface area contributed by atoms with Gasteiger partial charge in [-0.3, -0.25) is 4.79 Å². The molecule has 0 bridgehead atoms. The van der Waals surface area contributed by atoms with Crippen molar-refractivity contribution in [2.75, 3.05) is 12.8 Å². The maximum atomic E-state index is 13.2. The van der Waals surface area contributed by atoms with Crippen LogP contribution in [0.2, 0.25) is 0 Å². The third-order valence-electron chi connectivity index (χ3n) is 4.14. The van der Waals surface area contributed by atoms with Crippen LogP contribution in [0, 0.1) is 6.92 Å². The minimum Gasteiger partial charge on any atom is -0.333 e. The zero-order valence-electron chi connectivity index (χ0n) is 15.0. The molecule has 134 valence electrons. The first-order valence-corrected chi connectivity index (χ1v) is 10.6. The Kier molecular flexibility index (Phi) is 6.47. The van der Waals surface area contributed by atoms with Gasteiger partial charge >= 0.3 is 0 Å². The predicted molar refractivity (Wildman–Crippen MR) is 110 cm³/mol. The van der Waals surface area contributed by atoms with Gasteiger partial charge in [0.15, 0.2) is 0 Å². The molecule has 0 spiro atoms. The molecule has 0 unspecified atom stereocenters. The number of benzene rings is 1. The normalized spacial score (nSPS) is 10.7. The van der Waals surface area contributed by atoms with Crippen molar-refractivity contribution in [2.45, 2.75) is 24.9 Å². The molecular formula is C21H22N2OS2. The number of carbonyl (C=O) groups excluding carboxylic acids is 1. The van der Waals surface area contributed by atoms with Gasteiger partial charge in [-0.2, -0.15) is 0 Å². The lowest BCUT2D eigenvalue weighted by molar-refractivity contribution is 0.0742. The highest BCUT2D eigenvalue weighted by Crippen LogP contribution is 2.22. The Morgan fingerprint density at radius 1 is 1.12 bits per heavy atom. The van der Waals surface area contributed by atoms with Crippen LogP contribution in [0.4, 0.5) is 0 Å². The van der Waals surface area contributed by atoms with E-state index >= 15 is 0 Å². The van der Waals surface area contributed by atoms with Crippen molar-refractivity contribution in [2.24, 2.45) is 0 Å². The van der Waals surface area contributed by atoms with Crippen LogP contribution in [-0.4, -0.2) is 28.6 Å². The highest BCUT2D eigenvalue weighted by Gasteiger charge is 2.20. The van der Waals surface area contributed by atoms with E-state index in [9.17, 15) is 4.79 Å². The Bertz CT molecular complexity index is 861. The Morgan fingerprint density at radius 3 is 2.62 bits per heavy atom. The summed E-state index contributed by atoms with van der Waals surface area (Å²) in [6, 6.07) is 18.2. The molecule has 3 nitrogen and oxygen atoms in total. The molecule has 3 aromatic rings. The molecule has 0 saturated carbocycles. The van der Waals surface area contributed by atoms with Crippen LogP contribution in [-0.2, 0) is 13.0 Å². The van der Waals surface area contributed by atoms with Crippen molar-refractivity contribution in [3.63, 3.8) is 0 Å². The van der Waals surface area contributed by atoms with E-state index in [0.29, 0.717) is 18.7 Å². The summed E-state index contributed by atoms with van der Waals surface area (Å²) in [4.78, 5) is 22.0. The Labute approximate surface area is 163 Å². The first-order valence-electron chi connectivity index (χ1n) is 8.55. The second-order valence-electron chi connectivity index (χ2n) is 6.03. The minimum atomic E-state index is 0.0458. The Balaban J connectivity index is 1.82. The van der Waals surface area contributed by atoms with Gasteiger partial charge in [0, 0.05) is 22.5 Å². The van der Waals surface area contributed by atoms with E-state index in [1.54, 1.807) is 17.5 Å². The molecule has 2 aromatic heterocycles. The topological polar surface area (TPSA) is 33.2 Å². The number of pyridine rings is 1. The van der Waals surface area contributed by atoms with E-state index in [0.717, 1.165) is 11.4 Å². The number of aryl methyl sites for hydroxylation is 1. The second kappa shape index (κ2) is 9.01. The first-order chi connectivity index (χ1) is 12.7. The van der Waals surface area contributed by atoms with Crippen LogP contribution >= 0.6 is 23.1 Å². The molecule has 0 aliphatic carbocycles. The average molecular weight is 383 g/mol. The number of hydrogen-bond acceptors (Lipinski definition) is 4. The molecule has 2 heterocycles. The number of rotatable bonds is 7. The zero-order valence-corrected chi connectivity index (χ0v) is 16.6. The van der Waals surface area contributed by atoms with Crippen molar-refractivity contribution in [3.8, 4) is 0 Å². The fourth-order valence-electron chi connectivity index (χ4n) is 2.81. The summed E-state index contributed by atoms with van der Waals surface area (Å²) in [6.45, 7) is 3.41. The fourth-order valence-corrected chi connectivity index (χ4v) is 4.25. The van der Waals surface area contributed by atoms with Gasteiger partial charge in [-0.25, -0.2) is 4.98 Å². The van der Waals surface area contributed by atoms with Gasteiger partial charge in [-0.1, -0.05) is 30.3 Å². The molecule has 5 heteroatoms. The van der Waals surface area contributed by atoms with Crippen LogP contribution in [0.25, 0.3) is 0 Å². The van der Waals surface area contributed by atoms with Gasteiger partial charge in [0.25, 0.3) is 5.91 Å². The molecule has 0 aliphatic rings. The van der Waals surface area contributed by atoms with Crippen LogP contribution in [0.3, 0.4) is 0 Å². The molecule has 0 N–H and O–H groups in total. The van der Waals surface area contributed by atoms with Gasteiger partial charge in [0.2, 0.25) is 0 Å². The van der Waals surface area contributed by atoms with Gasteiger partial charge in [-0.15, -0.1) is 23.1 Å². The zero-order chi connectivity index (χ0) is 18.4. The van der Waals surface area contributed by atoms with E-state index < -0.39 is 0 Å². The highest BCUT2D eigenvalue weighted by atomic mass is 32.2. The monoisotopic (exact) mass is 382 g/mol. The van der Waals surface area contributed by atoms with E-state index in [1.807, 2.05) is 41.5 Å². The van der Waals surface area contributed by atoms with Crippen molar-refractivity contribution in [1.29, 1.82) is 0 Å². The minimum absolute atomic E-state index is 0.0458. The van der Waals surface area contributed by atoms with Crippen LogP contribution in [0.5, 0.6) is 0 Å². The van der Waals surface area contributed by atoms with E-state index in [-0.39, 0.29) is 5.91 Å². The summed E-state index contributed by atoms with van der Waals surface area (Å²) in [6.07, 6.45) is 4.53. The van der Waals surface area contributed by atoms with Gasteiger partial charge in [0.1, 0.15) is 5.03 Å². The lowest BCUT2D eigenvalue weighted by Gasteiger charge is -2.23. The summed E-state index contributed by atoms with van der Waals surface area (Å²) in [5.74, 6) is 0.0458. The van der Waals surface area contributed by atoms with Crippen molar-refractivity contribution in [3.05, 3.63) is 81.7 Å². The van der Waals surface area contributed by atoms with Crippen molar-refractivity contribution < 1.29 is 4.79 Å². The molecule has 26 heavy (non-hydrogen) atoms. The molecule has 0 atom stereocenters. The van der Waals surface area contributed by atoms with Gasteiger partial charge in [0.05, 0.1) is 12.1 Å². The lowest BCUT2D eigenvalue weighted by atomic mass is 10.1. The second-order valence-corrected chi connectivity index (χ2v) is 8.20. The van der Waals surface area contributed by atoms with Gasteiger partial charge in [-0.05, 0) is 49.4 Å². The van der Waals surface area contributed by atoms with Crippen molar-refractivity contribution >= 4 is 29.0 Å². The van der Waals surface area contributed by atoms with Gasteiger partial charge < -0.3 is 4.90 Å². The molecule has 0 fully saturated rings. The molecule has 1 amide bonds. The van der Waals surface area contributed by atoms with E-state index in [2.05, 4.69) is 36.2 Å². The maximum absolute atomic E-state index is 13.2. The standard InChI is InChI=1S/C21H22N2OS2/c1-16-10-11-18(26-16)15-23(14-12-17-7-4-3-5-8-17)21(24)19-9-6-13-22-20(19)25-2/h3-11,13H,12,14-15H2,1-2H3. The smallest absolute Gasteiger partial charge is 0.256 e. The third-order valence-corrected chi connectivity index (χ3v) is 5.84. The first kappa shape index (κ1) is 18.7. The molecular weight excluding hydrogens is 360 g/mol. The SMILES string of the molecule is CSc1ncccc1C(=O)N(CCc1ccccc1)Cc1ccc(C)s1. The summed E-state index contributed by atoms with van der Waals surface area (Å²) in [5.41, 5.74) is 1.92. The summed E-state index contributed by atoms with van der Waals surface area (Å²) < 4.78 is 0. The molecule has 3 rings (SSSR count). The Hall–Kier alpha value is -2.11. The third kappa shape index (κ3) is 4.74. The van der Waals surface area contributed by atoms with Crippen molar-refractivity contribution in [1.82, 2.24) is 9.88 Å². The molecule has 0 saturated heterocycles. The largest absolute Gasteiger partial charge is 0.333 e. The number of aromatic nitrogens is 1. The summed E-state index contributed by atoms with van der Waals surface area (Å²) in [5, 5.41) is 0.782. The predicted octanol–water partition coefficient (Wildman–Crippen LogP) is 5.06. The molecule has 0 aliphatic heterocycles.